The second-order valence-electron chi connectivity index (χ2n) is 4.91. The molecule has 1 fully saturated rings. The molecule has 0 aromatic carbocycles. The Morgan fingerprint density at radius 2 is 2.25 bits per heavy atom. The van der Waals surface area contributed by atoms with Gasteiger partial charge in [0.05, 0.1) is 0 Å². The monoisotopic (exact) mass is 228 g/mol. The van der Waals surface area contributed by atoms with Crippen molar-refractivity contribution in [1.29, 1.82) is 0 Å². The summed E-state index contributed by atoms with van der Waals surface area (Å²) in [5.41, 5.74) is 0. The Morgan fingerprint density at radius 1 is 1.50 bits per heavy atom. The highest BCUT2D eigenvalue weighted by molar-refractivity contribution is 5.66. The van der Waals surface area contributed by atoms with Crippen molar-refractivity contribution >= 4 is 5.97 Å². The van der Waals surface area contributed by atoms with Gasteiger partial charge in [0.1, 0.15) is 0 Å². The van der Waals surface area contributed by atoms with Crippen LogP contribution < -0.4 is 5.32 Å². The standard InChI is InChI=1S/C12H24N2O2/c1-3-6-13-11-7-10(4-5-12(15)16)8-14(2)9-11/h10-11,13H,3-9H2,1-2H3,(H,15,16). The number of carboxylic acids is 1. The highest BCUT2D eigenvalue weighted by atomic mass is 16.4. The maximum Gasteiger partial charge on any atom is 0.303 e. The van der Waals surface area contributed by atoms with Crippen molar-refractivity contribution in [2.45, 2.75) is 38.6 Å². The van der Waals surface area contributed by atoms with Gasteiger partial charge in [0, 0.05) is 25.6 Å². The lowest BCUT2D eigenvalue weighted by Crippen LogP contribution is -2.47. The summed E-state index contributed by atoms with van der Waals surface area (Å²) in [5.74, 6) is -0.143. The number of rotatable bonds is 6. The normalized spacial score (nSPS) is 26.9. The lowest BCUT2D eigenvalue weighted by Gasteiger charge is -2.36. The molecule has 4 nitrogen and oxygen atoms in total. The molecule has 2 atom stereocenters. The topological polar surface area (TPSA) is 52.6 Å². The first-order valence-electron chi connectivity index (χ1n) is 6.25. The molecule has 1 saturated heterocycles. The first-order chi connectivity index (χ1) is 7.61. The van der Waals surface area contributed by atoms with Gasteiger partial charge in [-0.2, -0.15) is 0 Å². The van der Waals surface area contributed by atoms with Crippen molar-refractivity contribution in [1.82, 2.24) is 10.2 Å². The molecule has 94 valence electrons. The molecule has 0 spiro atoms. The minimum absolute atomic E-state index is 0.305. The van der Waals surface area contributed by atoms with Crippen molar-refractivity contribution in [2.24, 2.45) is 5.92 Å². The number of hydrogen-bond donors (Lipinski definition) is 2. The molecule has 1 aliphatic heterocycles. The van der Waals surface area contributed by atoms with Gasteiger partial charge in [-0.25, -0.2) is 0 Å². The predicted octanol–water partition coefficient (Wildman–Crippen LogP) is 1.17. The third-order valence-electron chi connectivity index (χ3n) is 3.17. The number of nitrogens with zero attached hydrogens (tertiary/aromatic N) is 1. The summed E-state index contributed by atoms with van der Waals surface area (Å²) in [7, 11) is 2.12. The SMILES string of the molecule is CCCNC1CC(CCC(=O)O)CN(C)C1. The Labute approximate surface area is 98.0 Å². The number of piperidine rings is 1. The van der Waals surface area contributed by atoms with E-state index in [4.69, 9.17) is 5.11 Å². The van der Waals surface area contributed by atoms with Crippen LogP contribution in [0.4, 0.5) is 0 Å². The van der Waals surface area contributed by atoms with Crippen LogP contribution in [0.3, 0.4) is 0 Å². The lowest BCUT2D eigenvalue weighted by atomic mass is 9.90. The smallest absolute Gasteiger partial charge is 0.303 e. The van der Waals surface area contributed by atoms with E-state index in [9.17, 15) is 4.79 Å². The van der Waals surface area contributed by atoms with E-state index in [0.717, 1.165) is 38.9 Å². The van der Waals surface area contributed by atoms with Gasteiger partial charge in [-0.05, 0) is 38.8 Å². The molecule has 2 unspecified atom stereocenters. The zero-order valence-electron chi connectivity index (χ0n) is 10.4. The summed E-state index contributed by atoms with van der Waals surface area (Å²) in [6.07, 6.45) is 3.39. The molecule has 0 bridgehead atoms. The van der Waals surface area contributed by atoms with E-state index < -0.39 is 5.97 Å². The Morgan fingerprint density at radius 3 is 2.88 bits per heavy atom. The molecule has 0 saturated carbocycles. The molecular formula is C12H24N2O2. The van der Waals surface area contributed by atoms with Gasteiger partial charge in [0.15, 0.2) is 0 Å². The van der Waals surface area contributed by atoms with Crippen LogP contribution in [-0.2, 0) is 4.79 Å². The van der Waals surface area contributed by atoms with Crippen LogP contribution in [0.1, 0.15) is 32.6 Å². The van der Waals surface area contributed by atoms with Crippen LogP contribution in [0.2, 0.25) is 0 Å². The predicted molar refractivity (Wildman–Crippen MR) is 64.6 cm³/mol. The molecule has 0 aliphatic carbocycles. The Kier molecular flexibility index (Phi) is 5.77. The average molecular weight is 228 g/mol. The van der Waals surface area contributed by atoms with E-state index in [0.29, 0.717) is 18.4 Å². The molecular weight excluding hydrogens is 204 g/mol. The maximum absolute atomic E-state index is 10.5. The van der Waals surface area contributed by atoms with Crippen LogP contribution in [-0.4, -0.2) is 48.7 Å². The molecule has 0 aromatic heterocycles. The molecule has 1 rings (SSSR count). The highest BCUT2D eigenvalue weighted by Gasteiger charge is 2.24. The zero-order chi connectivity index (χ0) is 12.0. The summed E-state index contributed by atoms with van der Waals surface area (Å²) in [6.45, 7) is 5.35. The fraction of sp³-hybridized carbons (Fsp3) is 0.917. The zero-order valence-corrected chi connectivity index (χ0v) is 10.4. The average Bonchev–Trinajstić information content (AvgIpc) is 2.23. The minimum Gasteiger partial charge on any atom is -0.481 e. The third kappa shape index (κ3) is 4.94. The Hall–Kier alpha value is -0.610. The molecule has 4 heteroatoms. The lowest BCUT2D eigenvalue weighted by molar-refractivity contribution is -0.137. The van der Waals surface area contributed by atoms with Crippen molar-refractivity contribution in [3.05, 3.63) is 0 Å². The largest absolute Gasteiger partial charge is 0.481 e. The highest BCUT2D eigenvalue weighted by Crippen LogP contribution is 2.20. The number of nitrogens with one attached hydrogen (secondary N) is 1. The van der Waals surface area contributed by atoms with Crippen molar-refractivity contribution < 1.29 is 9.90 Å². The second-order valence-corrected chi connectivity index (χ2v) is 4.91. The summed E-state index contributed by atoms with van der Waals surface area (Å²) in [4.78, 5) is 12.9. The van der Waals surface area contributed by atoms with Gasteiger partial charge < -0.3 is 15.3 Å². The van der Waals surface area contributed by atoms with Gasteiger partial charge in [-0.3, -0.25) is 4.79 Å². The number of aliphatic carboxylic acids is 1. The van der Waals surface area contributed by atoms with Gasteiger partial charge in [0.25, 0.3) is 0 Å². The Bertz CT molecular complexity index is 221. The fourth-order valence-electron chi connectivity index (χ4n) is 2.48. The fourth-order valence-corrected chi connectivity index (χ4v) is 2.48. The molecule has 0 radical (unpaired) electrons. The third-order valence-corrected chi connectivity index (χ3v) is 3.17. The summed E-state index contributed by atoms with van der Waals surface area (Å²) >= 11 is 0. The number of carbonyl (C=O) groups is 1. The van der Waals surface area contributed by atoms with E-state index in [1.165, 1.54) is 0 Å². The van der Waals surface area contributed by atoms with E-state index in [1.807, 2.05) is 0 Å². The first kappa shape index (κ1) is 13.5. The number of carboxylic acid groups (broad SMARTS) is 1. The number of likely N-dealkylation sites (N-methyl/N-ethyl adjacent to an activating group) is 1. The maximum atomic E-state index is 10.5. The van der Waals surface area contributed by atoms with Crippen molar-refractivity contribution in [3.8, 4) is 0 Å². The van der Waals surface area contributed by atoms with Crippen LogP contribution in [0.5, 0.6) is 0 Å². The second kappa shape index (κ2) is 6.86. The first-order valence-corrected chi connectivity index (χ1v) is 6.25. The molecule has 2 N–H and O–H groups in total. The summed E-state index contributed by atoms with van der Waals surface area (Å²) in [6, 6.07) is 0.539. The summed E-state index contributed by atoms with van der Waals surface area (Å²) in [5, 5.41) is 12.2. The summed E-state index contributed by atoms with van der Waals surface area (Å²) < 4.78 is 0. The van der Waals surface area contributed by atoms with Gasteiger partial charge in [0.2, 0.25) is 0 Å². The Balaban J connectivity index is 2.32. The minimum atomic E-state index is -0.675. The van der Waals surface area contributed by atoms with E-state index in [-0.39, 0.29) is 0 Å². The van der Waals surface area contributed by atoms with Gasteiger partial charge in [-0.15, -0.1) is 0 Å². The van der Waals surface area contributed by atoms with E-state index >= 15 is 0 Å². The molecule has 1 aliphatic rings. The van der Waals surface area contributed by atoms with Crippen molar-refractivity contribution in [2.75, 3.05) is 26.7 Å². The molecule has 1 heterocycles. The van der Waals surface area contributed by atoms with Crippen LogP contribution in [0.15, 0.2) is 0 Å². The molecule has 0 aromatic rings. The van der Waals surface area contributed by atoms with Crippen LogP contribution in [0.25, 0.3) is 0 Å². The number of hydrogen-bond acceptors (Lipinski definition) is 3. The molecule has 16 heavy (non-hydrogen) atoms. The van der Waals surface area contributed by atoms with Gasteiger partial charge >= 0.3 is 5.97 Å². The van der Waals surface area contributed by atoms with Crippen molar-refractivity contribution in [3.63, 3.8) is 0 Å². The van der Waals surface area contributed by atoms with Gasteiger partial charge in [-0.1, -0.05) is 6.92 Å². The van der Waals surface area contributed by atoms with Crippen LogP contribution in [0, 0.1) is 5.92 Å². The van der Waals surface area contributed by atoms with E-state index in [2.05, 4.69) is 24.2 Å². The van der Waals surface area contributed by atoms with E-state index in [1.54, 1.807) is 0 Å². The quantitative estimate of drug-likeness (QED) is 0.716. The number of likely N-dealkylation sites (tertiary alicyclic amines) is 1. The molecule has 0 amide bonds. The van der Waals surface area contributed by atoms with Crippen LogP contribution >= 0.6 is 0 Å².